The summed E-state index contributed by atoms with van der Waals surface area (Å²) in [4.78, 5) is 15.3. The third kappa shape index (κ3) is 4.71. The number of benzene rings is 6. The lowest BCUT2D eigenvalue weighted by Crippen LogP contribution is -2.02. The molecule has 5 nitrogen and oxygen atoms in total. The van der Waals surface area contributed by atoms with Gasteiger partial charge in [-0.3, -0.25) is 0 Å². The van der Waals surface area contributed by atoms with Crippen molar-refractivity contribution in [2.24, 2.45) is 0 Å². The molecule has 0 N–H and O–H groups in total. The lowest BCUT2D eigenvalue weighted by Gasteiger charge is -2.14. The molecular formula is C40H24N4O. The van der Waals surface area contributed by atoms with Gasteiger partial charge in [-0.05, 0) is 46.5 Å². The van der Waals surface area contributed by atoms with Crippen molar-refractivity contribution in [3.05, 3.63) is 151 Å². The maximum absolute atomic E-state index is 9.44. The zero-order valence-electron chi connectivity index (χ0n) is 24.1. The molecule has 0 fully saturated rings. The highest BCUT2D eigenvalue weighted by molar-refractivity contribution is 6.12. The second-order valence-electron chi connectivity index (χ2n) is 10.7. The number of rotatable bonds is 5. The highest BCUT2D eigenvalue weighted by atomic mass is 16.3. The average Bonchev–Trinajstić information content (AvgIpc) is 3.50. The quantitative estimate of drug-likeness (QED) is 0.204. The smallest absolute Gasteiger partial charge is 0.168 e. The third-order valence-corrected chi connectivity index (χ3v) is 8.02. The first kappa shape index (κ1) is 26.3. The molecule has 0 amide bonds. The van der Waals surface area contributed by atoms with Crippen LogP contribution in [0.25, 0.3) is 78.4 Å². The van der Waals surface area contributed by atoms with Crippen LogP contribution in [0.4, 0.5) is 0 Å². The Balaban J connectivity index is 1.45. The number of hydrogen-bond acceptors (Lipinski definition) is 5. The van der Waals surface area contributed by atoms with Crippen LogP contribution in [-0.4, -0.2) is 15.0 Å². The maximum atomic E-state index is 9.44. The van der Waals surface area contributed by atoms with Crippen LogP contribution >= 0.6 is 0 Å². The van der Waals surface area contributed by atoms with Gasteiger partial charge in [-0.15, -0.1) is 0 Å². The summed E-state index contributed by atoms with van der Waals surface area (Å²) in [6, 6.07) is 50.4. The molecule has 6 aromatic carbocycles. The van der Waals surface area contributed by atoms with Crippen LogP contribution in [0.15, 0.2) is 150 Å². The van der Waals surface area contributed by atoms with E-state index in [1.165, 1.54) is 0 Å². The minimum atomic E-state index is 0.505. The average molecular weight is 577 g/mol. The van der Waals surface area contributed by atoms with Crippen LogP contribution in [0.3, 0.4) is 0 Å². The summed E-state index contributed by atoms with van der Waals surface area (Å²) in [5, 5.41) is 11.4. The van der Waals surface area contributed by atoms with Gasteiger partial charge in [-0.1, -0.05) is 121 Å². The van der Waals surface area contributed by atoms with Gasteiger partial charge < -0.3 is 4.42 Å². The first-order chi connectivity index (χ1) is 22.3. The summed E-state index contributed by atoms with van der Waals surface area (Å²) in [7, 11) is 0. The molecule has 0 aliphatic rings. The molecule has 0 atom stereocenters. The molecule has 210 valence electrons. The van der Waals surface area contributed by atoms with Crippen LogP contribution in [0.5, 0.6) is 0 Å². The van der Waals surface area contributed by atoms with E-state index in [0.29, 0.717) is 28.6 Å². The van der Waals surface area contributed by atoms with Crippen LogP contribution in [0.1, 0.15) is 5.56 Å². The summed E-state index contributed by atoms with van der Waals surface area (Å²) in [6.07, 6.45) is 0. The Hall–Kier alpha value is -6.38. The predicted octanol–water partition coefficient (Wildman–Crippen LogP) is 9.98. The number of fused-ring (bicyclic) bond motifs is 3. The molecule has 8 aromatic rings. The van der Waals surface area contributed by atoms with E-state index in [9.17, 15) is 5.26 Å². The molecule has 0 bridgehead atoms. The number of furan rings is 1. The van der Waals surface area contributed by atoms with Crippen LogP contribution in [-0.2, 0) is 0 Å². The van der Waals surface area contributed by atoms with E-state index in [1.54, 1.807) is 0 Å². The Morgan fingerprint density at radius 3 is 1.80 bits per heavy atom. The van der Waals surface area contributed by atoms with Crippen molar-refractivity contribution in [1.29, 1.82) is 5.26 Å². The Kier molecular flexibility index (Phi) is 6.44. The van der Waals surface area contributed by atoms with E-state index >= 15 is 0 Å². The van der Waals surface area contributed by atoms with E-state index in [1.807, 2.05) is 103 Å². The van der Waals surface area contributed by atoms with Crippen molar-refractivity contribution in [2.75, 3.05) is 0 Å². The van der Waals surface area contributed by atoms with Crippen molar-refractivity contribution in [2.45, 2.75) is 0 Å². The standard InChI is InChI=1S/C40H24N4O/c41-25-26-19-21-28(22-20-26)31-23-24-33-32-16-9-10-18-35(32)45-37(33)36(31)40-43-38(29-13-5-2-6-14-29)42-39(44-40)34-17-8-7-15-30(34)27-11-3-1-4-12-27/h1-24H. The van der Waals surface area contributed by atoms with E-state index in [4.69, 9.17) is 19.4 Å². The number of nitrogens with zero attached hydrogens (tertiary/aromatic N) is 4. The number of para-hydroxylation sites is 1. The molecule has 0 aliphatic heterocycles. The Morgan fingerprint density at radius 1 is 0.444 bits per heavy atom. The van der Waals surface area contributed by atoms with Crippen LogP contribution < -0.4 is 0 Å². The van der Waals surface area contributed by atoms with Gasteiger partial charge in [0.05, 0.1) is 17.2 Å². The van der Waals surface area contributed by atoms with Crippen LogP contribution in [0, 0.1) is 11.3 Å². The van der Waals surface area contributed by atoms with Gasteiger partial charge in [-0.25, -0.2) is 15.0 Å². The Labute approximate surface area is 259 Å². The van der Waals surface area contributed by atoms with Gasteiger partial charge >= 0.3 is 0 Å². The predicted molar refractivity (Wildman–Crippen MR) is 179 cm³/mol. The van der Waals surface area contributed by atoms with Gasteiger partial charge in [0.15, 0.2) is 17.5 Å². The molecule has 0 saturated carbocycles. The van der Waals surface area contributed by atoms with E-state index in [2.05, 4.69) is 48.5 Å². The fourth-order valence-corrected chi connectivity index (χ4v) is 5.85. The summed E-state index contributed by atoms with van der Waals surface area (Å²) in [6.45, 7) is 0. The summed E-state index contributed by atoms with van der Waals surface area (Å²) >= 11 is 0. The summed E-state index contributed by atoms with van der Waals surface area (Å²) in [5.41, 5.74) is 8.58. The highest BCUT2D eigenvalue weighted by Gasteiger charge is 2.22. The Bertz CT molecular complexity index is 2370. The normalized spacial score (nSPS) is 11.1. The van der Waals surface area contributed by atoms with Crippen molar-refractivity contribution in [3.63, 3.8) is 0 Å². The van der Waals surface area contributed by atoms with Crippen molar-refractivity contribution in [1.82, 2.24) is 15.0 Å². The monoisotopic (exact) mass is 576 g/mol. The summed E-state index contributed by atoms with van der Waals surface area (Å²) < 4.78 is 6.58. The van der Waals surface area contributed by atoms with Crippen molar-refractivity contribution < 1.29 is 4.42 Å². The first-order valence-corrected chi connectivity index (χ1v) is 14.7. The van der Waals surface area contributed by atoms with Gasteiger partial charge in [0.25, 0.3) is 0 Å². The fraction of sp³-hybridized carbons (Fsp3) is 0. The molecule has 0 unspecified atom stereocenters. The molecule has 0 spiro atoms. The van der Waals surface area contributed by atoms with Crippen LogP contribution in [0.2, 0.25) is 0 Å². The lowest BCUT2D eigenvalue weighted by atomic mass is 9.95. The first-order valence-electron chi connectivity index (χ1n) is 14.7. The van der Waals surface area contributed by atoms with Crippen molar-refractivity contribution in [3.8, 4) is 62.5 Å². The van der Waals surface area contributed by atoms with E-state index < -0.39 is 0 Å². The van der Waals surface area contributed by atoms with Gasteiger partial charge in [0.2, 0.25) is 0 Å². The zero-order valence-corrected chi connectivity index (χ0v) is 24.1. The molecule has 8 rings (SSSR count). The molecule has 2 heterocycles. The fourth-order valence-electron chi connectivity index (χ4n) is 5.85. The number of hydrogen-bond donors (Lipinski definition) is 0. The van der Waals surface area contributed by atoms with Gasteiger partial charge in [0.1, 0.15) is 11.2 Å². The van der Waals surface area contributed by atoms with Crippen molar-refractivity contribution >= 4 is 21.9 Å². The molecule has 45 heavy (non-hydrogen) atoms. The minimum absolute atomic E-state index is 0.505. The topological polar surface area (TPSA) is 75.6 Å². The van der Waals surface area contributed by atoms with Gasteiger partial charge in [-0.2, -0.15) is 5.26 Å². The highest BCUT2D eigenvalue weighted by Crippen LogP contribution is 2.42. The Morgan fingerprint density at radius 2 is 1.04 bits per heavy atom. The molecule has 5 heteroatoms. The molecule has 0 saturated heterocycles. The number of nitriles is 1. The molecule has 2 aromatic heterocycles. The van der Waals surface area contributed by atoms with Gasteiger partial charge in [0, 0.05) is 21.9 Å². The zero-order chi connectivity index (χ0) is 30.2. The second kappa shape index (κ2) is 11.0. The molecule has 0 radical (unpaired) electrons. The van der Waals surface area contributed by atoms with E-state index in [0.717, 1.165) is 55.3 Å². The molecule has 0 aliphatic carbocycles. The SMILES string of the molecule is N#Cc1ccc(-c2ccc3c(oc4ccccc43)c2-c2nc(-c3ccccc3)nc(-c3ccccc3-c3ccccc3)n2)cc1. The molecular weight excluding hydrogens is 552 g/mol. The van der Waals surface area contributed by atoms with E-state index in [-0.39, 0.29) is 0 Å². The maximum Gasteiger partial charge on any atom is 0.168 e. The minimum Gasteiger partial charge on any atom is -0.455 e. The largest absolute Gasteiger partial charge is 0.455 e. The summed E-state index contributed by atoms with van der Waals surface area (Å²) in [5.74, 6) is 1.64. The lowest BCUT2D eigenvalue weighted by molar-refractivity contribution is 0.669. The second-order valence-corrected chi connectivity index (χ2v) is 10.7. The third-order valence-electron chi connectivity index (χ3n) is 8.02. The number of aromatic nitrogens is 3.